The molecule has 3 aromatic carbocycles. The zero-order chi connectivity index (χ0) is 21.5. The number of hydrazone groups is 1. The number of rotatable bonds is 8. The molecule has 156 valence electrons. The minimum Gasteiger partial charge on any atom is -0.490 e. The highest BCUT2D eigenvalue weighted by molar-refractivity contribution is 5.81. The van der Waals surface area contributed by atoms with Gasteiger partial charge in [0.15, 0.2) is 11.5 Å². The van der Waals surface area contributed by atoms with Crippen LogP contribution in [0, 0.1) is 27.7 Å². The van der Waals surface area contributed by atoms with E-state index >= 15 is 0 Å². The Kier molecular flexibility index (Phi) is 7.12. The number of nitrogens with one attached hydrogen (secondary N) is 1. The Bertz CT molecular complexity index is 1040. The van der Waals surface area contributed by atoms with E-state index in [1.54, 1.807) is 6.21 Å². The second-order valence-electron chi connectivity index (χ2n) is 7.53. The number of nitrogens with zero attached hydrogens (tertiary/aromatic N) is 1. The van der Waals surface area contributed by atoms with Gasteiger partial charge in [-0.05, 0) is 92.8 Å². The molecule has 0 bridgehead atoms. The highest BCUT2D eigenvalue weighted by Crippen LogP contribution is 2.29. The van der Waals surface area contributed by atoms with E-state index in [0.717, 1.165) is 22.7 Å². The SMILES string of the molecule is CCOc1cc(/C=N/Nc2ccc(C)c(C)c2)ccc1OCc1cc(C)ccc1C. The van der Waals surface area contributed by atoms with Crippen LogP contribution in [0.3, 0.4) is 0 Å². The van der Waals surface area contributed by atoms with Crippen molar-refractivity contribution in [2.45, 2.75) is 41.2 Å². The van der Waals surface area contributed by atoms with E-state index in [1.807, 2.05) is 31.2 Å². The highest BCUT2D eigenvalue weighted by atomic mass is 16.5. The molecule has 0 heterocycles. The van der Waals surface area contributed by atoms with Gasteiger partial charge in [-0.25, -0.2) is 0 Å². The summed E-state index contributed by atoms with van der Waals surface area (Å²) >= 11 is 0. The van der Waals surface area contributed by atoms with Gasteiger partial charge in [0.05, 0.1) is 18.5 Å². The van der Waals surface area contributed by atoms with Crippen LogP contribution < -0.4 is 14.9 Å². The molecule has 4 nitrogen and oxygen atoms in total. The Labute approximate surface area is 179 Å². The van der Waals surface area contributed by atoms with Crippen molar-refractivity contribution in [3.05, 3.63) is 88.0 Å². The molecule has 0 aliphatic rings. The average Bonchev–Trinajstić information content (AvgIpc) is 2.72. The Balaban J connectivity index is 1.70. The summed E-state index contributed by atoms with van der Waals surface area (Å²) in [6, 6.07) is 18.5. The number of hydrogen-bond acceptors (Lipinski definition) is 4. The van der Waals surface area contributed by atoms with Gasteiger partial charge < -0.3 is 9.47 Å². The van der Waals surface area contributed by atoms with E-state index in [-0.39, 0.29) is 0 Å². The van der Waals surface area contributed by atoms with Crippen LogP contribution >= 0.6 is 0 Å². The predicted octanol–water partition coefficient (Wildman–Crippen LogP) is 6.34. The molecular weight excluding hydrogens is 372 g/mol. The van der Waals surface area contributed by atoms with Crippen molar-refractivity contribution in [3.63, 3.8) is 0 Å². The number of hydrogen-bond donors (Lipinski definition) is 1. The summed E-state index contributed by atoms with van der Waals surface area (Å²) in [5.41, 5.74) is 11.1. The minimum atomic E-state index is 0.509. The van der Waals surface area contributed by atoms with E-state index in [1.165, 1.54) is 27.8 Å². The lowest BCUT2D eigenvalue weighted by Crippen LogP contribution is -2.02. The first kappa shape index (κ1) is 21.4. The Morgan fingerprint density at radius 1 is 0.800 bits per heavy atom. The van der Waals surface area contributed by atoms with E-state index in [9.17, 15) is 0 Å². The molecule has 0 aromatic heterocycles. The summed E-state index contributed by atoms with van der Waals surface area (Å²) in [6.07, 6.45) is 1.78. The topological polar surface area (TPSA) is 42.8 Å². The van der Waals surface area contributed by atoms with Crippen molar-refractivity contribution in [2.24, 2.45) is 5.10 Å². The summed E-state index contributed by atoms with van der Waals surface area (Å²) in [5.74, 6) is 1.45. The molecule has 0 radical (unpaired) electrons. The van der Waals surface area contributed by atoms with Crippen molar-refractivity contribution in [1.82, 2.24) is 0 Å². The van der Waals surface area contributed by atoms with E-state index in [0.29, 0.717) is 13.2 Å². The van der Waals surface area contributed by atoms with Crippen LogP contribution in [0.5, 0.6) is 11.5 Å². The van der Waals surface area contributed by atoms with Crippen molar-refractivity contribution < 1.29 is 9.47 Å². The van der Waals surface area contributed by atoms with Gasteiger partial charge in [-0.15, -0.1) is 0 Å². The van der Waals surface area contributed by atoms with Crippen LogP contribution in [-0.2, 0) is 6.61 Å². The molecule has 3 aromatic rings. The summed E-state index contributed by atoms with van der Waals surface area (Å²) in [4.78, 5) is 0. The molecule has 0 amide bonds. The predicted molar refractivity (Wildman–Crippen MR) is 125 cm³/mol. The largest absolute Gasteiger partial charge is 0.490 e. The zero-order valence-electron chi connectivity index (χ0n) is 18.5. The maximum absolute atomic E-state index is 6.08. The van der Waals surface area contributed by atoms with Gasteiger partial charge >= 0.3 is 0 Å². The van der Waals surface area contributed by atoms with Crippen molar-refractivity contribution in [1.29, 1.82) is 0 Å². The van der Waals surface area contributed by atoms with E-state index in [2.05, 4.69) is 68.6 Å². The molecular formula is C26H30N2O2. The van der Waals surface area contributed by atoms with Gasteiger partial charge in [-0.3, -0.25) is 5.43 Å². The quantitative estimate of drug-likeness (QED) is 0.353. The lowest BCUT2D eigenvalue weighted by Gasteiger charge is -2.14. The normalized spacial score (nSPS) is 11.0. The van der Waals surface area contributed by atoms with E-state index in [4.69, 9.17) is 9.47 Å². The second kappa shape index (κ2) is 9.97. The molecule has 0 saturated heterocycles. The zero-order valence-corrected chi connectivity index (χ0v) is 18.5. The Morgan fingerprint density at radius 2 is 1.60 bits per heavy atom. The first-order valence-corrected chi connectivity index (χ1v) is 10.3. The number of anilines is 1. The van der Waals surface area contributed by atoms with Crippen molar-refractivity contribution >= 4 is 11.9 Å². The first-order valence-electron chi connectivity index (χ1n) is 10.3. The number of ether oxygens (including phenoxy) is 2. The van der Waals surface area contributed by atoms with Gasteiger partial charge in [-0.1, -0.05) is 29.8 Å². The first-order chi connectivity index (χ1) is 14.5. The monoisotopic (exact) mass is 402 g/mol. The summed E-state index contributed by atoms with van der Waals surface area (Å²) in [5, 5.41) is 4.36. The summed E-state index contributed by atoms with van der Waals surface area (Å²) in [6.45, 7) is 11.4. The molecule has 0 aliphatic heterocycles. The van der Waals surface area contributed by atoms with Crippen LogP contribution in [0.15, 0.2) is 59.7 Å². The molecule has 0 unspecified atom stereocenters. The third-order valence-corrected chi connectivity index (χ3v) is 5.07. The average molecular weight is 403 g/mol. The van der Waals surface area contributed by atoms with Gasteiger partial charge in [-0.2, -0.15) is 5.10 Å². The lowest BCUT2D eigenvalue weighted by atomic mass is 10.1. The molecule has 0 aliphatic carbocycles. The van der Waals surface area contributed by atoms with Crippen LogP contribution in [0.2, 0.25) is 0 Å². The fourth-order valence-electron chi connectivity index (χ4n) is 3.10. The summed E-state index contributed by atoms with van der Waals surface area (Å²) in [7, 11) is 0. The fourth-order valence-corrected chi connectivity index (χ4v) is 3.10. The maximum Gasteiger partial charge on any atom is 0.161 e. The van der Waals surface area contributed by atoms with Gasteiger partial charge in [0.2, 0.25) is 0 Å². The molecule has 0 saturated carbocycles. The Hall–Kier alpha value is -3.27. The molecule has 4 heteroatoms. The number of benzene rings is 3. The van der Waals surface area contributed by atoms with Gasteiger partial charge in [0, 0.05) is 0 Å². The molecule has 3 rings (SSSR count). The van der Waals surface area contributed by atoms with E-state index < -0.39 is 0 Å². The molecule has 1 N–H and O–H groups in total. The van der Waals surface area contributed by atoms with Crippen molar-refractivity contribution in [3.8, 4) is 11.5 Å². The highest BCUT2D eigenvalue weighted by Gasteiger charge is 2.08. The minimum absolute atomic E-state index is 0.509. The molecule has 0 spiro atoms. The molecule has 0 fully saturated rings. The third kappa shape index (κ3) is 5.63. The lowest BCUT2D eigenvalue weighted by molar-refractivity contribution is 0.269. The second-order valence-corrected chi connectivity index (χ2v) is 7.53. The third-order valence-electron chi connectivity index (χ3n) is 5.07. The van der Waals surface area contributed by atoms with Gasteiger partial charge in [0.1, 0.15) is 6.61 Å². The summed E-state index contributed by atoms with van der Waals surface area (Å²) < 4.78 is 11.9. The molecule has 0 atom stereocenters. The smallest absolute Gasteiger partial charge is 0.161 e. The standard InChI is InChI=1S/C26H30N2O2/c1-6-29-26-15-22(16-27-28-24-11-9-19(3)21(5)14-24)10-12-25(26)30-17-23-13-18(2)7-8-20(23)4/h7-16,28H,6,17H2,1-5H3/b27-16+. The Morgan fingerprint density at radius 3 is 2.37 bits per heavy atom. The molecule has 30 heavy (non-hydrogen) atoms. The van der Waals surface area contributed by atoms with Crippen LogP contribution in [0.1, 0.15) is 40.3 Å². The van der Waals surface area contributed by atoms with Crippen LogP contribution in [0.4, 0.5) is 5.69 Å². The number of aryl methyl sites for hydroxylation is 4. The van der Waals surface area contributed by atoms with Gasteiger partial charge in [0.25, 0.3) is 0 Å². The van der Waals surface area contributed by atoms with Crippen LogP contribution in [-0.4, -0.2) is 12.8 Å². The maximum atomic E-state index is 6.08. The van der Waals surface area contributed by atoms with Crippen molar-refractivity contribution in [2.75, 3.05) is 12.0 Å². The fraction of sp³-hybridized carbons (Fsp3) is 0.269. The van der Waals surface area contributed by atoms with Crippen LogP contribution in [0.25, 0.3) is 0 Å².